The van der Waals surface area contributed by atoms with Gasteiger partial charge in [0.25, 0.3) is 5.91 Å². The quantitative estimate of drug-likeness (QED) is 0.455. The van der Waals surface area contributed by atoms with Gasteiger partial charge in [-0.15, -0.1) is 16.4 Å². The molecular formula is C21H15F3N4O2S. The number of benzene rings is 2. The number of thiophene rings is 1. The molecule has 2 aromatic heterocycles. The third-order valence-corrected chi connectivity index (χ3v) is 5.18. The molecule has 158 valence electrons. The number of alkyl halides is 3. The smallest absolute Gasteiger partial charge is 0.416 e. The molecule has 0 radical (unpaired) electrons. The largest absolute Gasteiger partial charge is 0.466 e. The van der Waals surface area contributed by atoms with Crippen LogP contribution in [0.4, 0.5) is 18.9 Å². The zero-order valence-electron chi connectivity index (χ0n) is 16.1. The number of rotatable bonds is 5. The summed E-state index contributed by atoms with van der Waals surface area (Å²) in [7, 11) is 1.37. The second kappa shape index (κ2) is 8.23. The number of aromatic nitrogens is 3. The number of anilines is 1. The van der Waals surface area contributed by atoms with Crippen molar-refractivity contribution in [3.63, 3.8) is 0 Å². The maximum Gasteiger partial charge on any atom is 0.416 e. The number of halogens is 3. The number of hydrogen-bond donors (Lipinski definition) is 1. The highest BCUT2D eigenvalue weighted by molar-refractivity contribution is 7.12. The second-order valence-corrected chi connectivity index (χ2v) is 7.34. The van der Waals surface area contributed by atoms with Crippen LogP contribution in [0, 0.1) is 0 Å². The molecule has 10 heteroatoms. The lowest BCUT2D eigenvalue weighted by molar-refractivity contribution is -0.137. The third-order valence-electron chi connectivity index (χ3n) is 4.31. The maximum atomic E-state index is 13.2. The van der Waals surface area contributed by atoms with Crippen molar-refractivity contribution < 1.29 is 22.7 Å². The summed E-state index contributed by atoms with van der Waals surface area (Å²) in [5, 5.41) is 8.82. The van der Waals surface area contributed by atoms with E-state index in [0.29, 0.717) is 16.3 Å². The number of methoxy groups -OCH3 is 1. The van der Waals surface area contributed by atoms with E-state index in [1.54, 1.807) is 41.8 Å². The molecule has 0 unspecified atom stereocenters. The number of ether oxygens (including phenoxy) is 1. The molecule has 0 bridgehead atoms. The number of nitrogens with one attached hydrogen (secondary N) is 1. The Balaban J connectivity index is 1.73. The van der Waals surface area contributed by atoms with Gasteiger partial charge in [-0.2, -0.15) is 18.2 Å². The highest BCUT2D eigenvalue weighted by Crippen LogP contribution is 2.33. The molecule has 0 saturated carbocycles. The molecular weight excluding hydrogens is 429 g/mol. The number of amides is 1. The fourth-order valence-corrected chi connectivity index (χ4v) is 3.52. The predicted molar refractivity (Wildman–Crippen MR) is 111 cm³/mol. The highest BCUT2D eigenvalue weighted by atomic mass is 32.1. The molecule has 4 aromatic rings. The summed E-state index contributed by atoms with van der Waals surface area (Å²) in [6, 6.07) is 15.0. The molecule has 2 heterocycles. The van der Waals surface area contributed by atoms with E-state index in [4.69, 9.17) is 4.74 Å². The van der Waals surface area contributed by atoms with Gasteiger partial charge in [0.05, 0.1) is 23.2 Å². The minimum atomic E-state index is -4.49. The lowest BCUT2D eigenvalue weighted by Gasteiger charge is -2.11. The molecule has 31 heavy (non-hydrogen) atoms. The Kier molecular flexibility index (Phi) is 5.47. The first-order valence-corrected chi connectivity index (χ1v) is 9.87. The van der Waals surface area contributed by atoms with E-state index < -0.39 is 11.7 Å². The van der Waals surface area contributed by atoms with Crippen LogP contribution in [0.3, 0.4) is 0 Å². The Morgan fingerprint density at radius 3 is 2.61 bits per heavy atom. The number of hydrogen-bond acceptors (Lipinski definition) is 5. The van der Waals surface area contributed by atoms with Crippen molar-refractivity contribution in [1.82, 2.24) is 14.8 Å². The molecule has 4 rings (SSSR count). The van der Waals surface area contributed by atoms with Gasteiger partial charge in [0.2, 0.25) is 0 Å². The first kappa shape index (κ1) is 20.6. The van der Waals surface area contributed by atoms with E-state index in [2.05, 4.69) is 15.4 Å². The molecule has 0 atom stereocenters. The van der Waals surface area contributed by atoms with E-state index in [-0.39, 0.29) is 23.3 Å². The van der Waals surface area contributed by atoms with Crippen molar-refractivity contribution in [2.75, 3.05) is 12.4 Å². The zero-order chi connectivity index (χ0) is 22.0. The van der Waals surface area contributed by atoms with Gasteiger partial charge in [-0.3, -0.25) is 4.79 Å². The lowest BCUT2D eigenvalue weighted by Crippen LogP contribution is -2.10. The van der Waals surface area contributed by atoms with Crippen LogP contribution < -0.4 is 10.1 Å². The average Bonchev–Trinajstić information content (AvgIpc) is 3.44. The van der Waals surface area contributed by atoms with Crippen molar-refractivity contribution in [2.24, 2.45) is 0 Å². The fraction of sp³-hybridized carbons (Fsp3) is 0.0952. The maximum absolute atomic E-state index is 13.2. The molecule has 0 saturated heterocycles. The fourth-order valence-electron chi connectivity index (χ4n) is 2.90. The zero-order valence-corrected chi connectivity index (χ0v) is 16.9. The molecule has 1 N–H and O–H groups in total. The van der Waals surface area contributed by atoms with Crippen molar-refractivity contribution in [2.45, 2.75) is 6.18 Å². The minimum Gasteiger partial charge on any atom is -0.466 e. The average molecular weight is 444 g/mol. The summed E-state index contributed by atoms with van der Waals surface area (Å²) in [4.78, 5) is 17.1. The van der Waals surface area contributed by atoms with E-state index in [1.807, 2.05) is 0 Å². The Morgan fingerprint density at radius 1 is 1.10 bits per heavy atom. The third kappa shape index (κ3) is 4.43. The topological polar surface area (TPSA) is 69.0 Å². The number of nitrogens with zero attached hydrogens (tertiary/aromatic N) is 3. The molecule has 0 aliphatic carbocycles. The Labute approximate surface area is 178 Å². The van der Waals surface area contributed by atoms with Gasteiger partial charge in [-0.25, -0.2) is 4.68 Å². The molecule has 0 aliphatic rings. The first-order valence-electron chi connectivity index (χ1n) is 8.99. The number of carbonyl (C=O) groups excluding carboxylic acids is 1. The molecule has 0 fully saturated rings. The van der Waals surface area contributed by atoms with Crippen LogP contribution in [0.25, 0.3) is 17.1 Å². The minimum absolute atomic E-state index is 0.000404. The van der Waals surface area contributed by atoms with Gasteiger partial charge in [-0.1, -0.05) is 24.3 Å². The van der Waals surface area contributed by atoms with Gasteiger partial charge in [0.15, 0.2) is 5.82 Å². The normalized spacial score (nSPS) is 11.4. The number of carbonyl (C=O) groups is 1. The summed E-state index contributed by atoms with van der Waals surface area (Å²) in [5.41, 5.74) is 0.418. The summed E-state index contributed by atoms with van der Waals surface area (Å²) in [6.45, 7) is 0. The van der Waals surface area contributed by atoms with Crippen LogP contribution >= 0.6 is 11.3 Å². The predicted octanol–water partition coefficient (Wildman–Crippen LogP) is 5.28. The molecule has 0 spiro atoms. The van der Waals surface area contributed by atoms with E-state index in [1.165, 1.54) is 35.3 Å². The van der Waals surface area contributed by atoms with Gasteiger partial charge in [-0.05, 0) is 41.8 Å². The molecule has 6 nitrogen and oxygen atoms in total. The van der Waals surface area contributed by atoms with Crippen LogP contribution in [0.5, 0.6) is 6.01 Å². The van der Waals surface area contributed by atoms with Crippen molar-refractivity contribution in [3.05, 3.63) is 76.5 Å². The van der Waals surface area contributed by atoms with Crippen molar-refractivity contribution in [1.29, 1.82) is 0 Å². The SMILES string of the molecule is COc1nc(-c2cccc(C(F)(F)F)c2)n(-c2cccc(NC(=O)c3cccs3)c2)n1. The summed E-state index contributed by atoms with van der Waals surface area (Å²) in [5.74, 6) is -0.0916. The summed E-state index contributed by atoms with van der Waals surface area (Å²) < 4.78 is 45.9. The van der Waals surface area contributed by atoms with Gasteiger partial charge in [0.1, 0.15) is 0 Å². The van der Waals surface area contributed by atoms with Crippen LogP contribution in [-0.4, -0.2) is 27.8 Å². The van der Waals surface area contributed by atoms with Gasteiger partial charge >= 0.3 is 12.2 Å². The highest BCUT2D eigenvalue weighted by Gasteiger charge is 2.31. The van der Waals surface area contributed by atoms with Crippen LogP contribution in [0.2, 0.25) is 0 Å². The Bertz CT molecular complexity index is 1220. The second-order valence-electron chi connectivity index (χ2n) is 6.39. The lowest BCUT2D eigenvalue weighted by atomic mass is 10.1. The molecule has 0 aliphatic heterocycles. The van der Waals surface area contributed by atoms with Crippen LogP contribution in [0.1, 0.15) is 15.2 Å². The van der Waals surface area contributed by atoms with Gasteiger partial charge < -0.3 is 10.1 Å². The molecule has 1 amide bonds. The summed E-state index contributed by atoms with van der Waals surface area (Å²) >= 11 is 1.31. The van der Waals surface area contributed by atoms with E-state index in [0.717, 1.165) is 12.1 Å². The molecule has 2 aromatic carbocycles. The van der Waals surface area contributed by atoms with E-state index >= 15 is 0 Å². The van der Waals surface area contributed by atoms with Gasteiger partial charge in [0, 0.05) is 11.3 Å². The Hall–Kier alpha value is -3.66. The first-order chi connectivity index (χ1) is 14.8. The van der Waals surface area contributed by atoms with Crippen molar-refractivity contribution in [3.8, 4) is 23.1 Å². The van der Waals surface area contributed by atoms with Crippen LogP contribution in [0.15, 0.2) is 66.0 Å². The summed E-state index contributed by atoms with van der Waals surface area (Å²) in [6.07, 6.45) is -4.49. The van der Waals surface area contributed by atoms with Crippen molar-refractivity contribution >= 4 is 22.9 Å². The van der Waals surface area contributed by atoms with Crippen LogP contribution in [-0.2, 0) is 6.18 Å². The Morgan fingerprint density at radius 2 is 1.90 bits per heavy atom. The van der Waals surface area contributed by atoms with E-state index in [9.17, 15) is 18.0 Å². The standard InChI is InChI=1S/C21H15F3N4O2S/c1-30-20-26-18(13-5-2-6-14(11-13)21(22,23)24)28(27-20)16-8-3-7-15(12-16)25-19(29)17-9-4-10-31-17/h2-12H,1H3,(H,25,29). The monoisotopic (exact) mass is 444 g/mol.